The van der Waals surface area contributed by atoms with E-state index >= 15 is 0 Å². The van der Waals surface area contributed by atoms with Crippen LogP contribution in [0.15, 0.2) is 41.6 Å². The topological polar surface area (TPSA) is 111 Å². The Morgan fingerprint density at radius 3 is 3.00 bits per heavy atom. The number of benzene rings is 1. The van der Waals surface area contributed by atoms with Crippen molar-refractivity contribution in [2.45, 2.75) is 13.1 Å². The lowest BCUT2D eigenvalue weighted by Crippen LogP contribution is -2.27. The van der Waals surface area contributed by atoms with Gasteiger partial charge in [-0.2, -0.15) is 5.10 Å². The summed E-state index contributed by atoms with van der Waals surface area (Å²) >= 11 is 0. The van der Waals surface area contributed by atoms with Crippen molar-refractivity contribution < 1.29 is 14.6 Å². The highest BCUT2D eigenvalue weighted by molar-refractivity contribution is 5.90. The molecule has 0 aliphatic carbocycles. The molecule has 0 atom stereocenters. The summed E-state index contributed by atoms with van der Waals surface area (Å²) in [6.07, 6.45) is 2.68. The van der Waals surface area contributed by atoms with Crippen LogP contribution in [0.3, 0.4) is 0 Å². The fraction of sp³-hybridized carbons (Fsp3) is 0.250. The summed E-state index contributed by atoms with van der Waals surface area (Å²) in [6, 6.07) is 6.93. The maximum Gasteiger partial charge on any atom is 0.264 e. The number of carbonyl (C=O) groups excluding carboxylic acids is 1. The van der Waals surface area contributed by atoms with Crippen LogP contribution in [0.2, 0.25) is 0 Å². The van der Waals surface area contributed by atoms with Gasteiger partial charge in [-0.05, 0) is 12.1 Å². The third-order valence-corrected chi connectivity index (χ3v) is 3.60. The molecule has 2 aromatic heterocycles. The van der Waals surface area contributed by atoms with Crippen molar-refractivity contribution in [1.82, 2.24) is 19.3 Å². The predicted octanol–water partition coefficient (Wildman–Crippen LogP) is 0.233. The summed E-state index contributed by atoms with van der Waals surface area (Å²) in [5.74, 6) is 0.258. The number of anilines is 1. The molecule has 9 nitrogen and oxygen atoms in total. The minimum absolute atomic E-state index is 0.107. The fourth-order valence-corrected chi connectivity index (χ4v) is 2.42. The van der Waals surface area contributed by atoms with Crippen LogP contribution in [0.1, 0.15) is 0 Å². The van der Waals surface area contributed by atoms with Gasteiger partial charge < -0.3 is 15.2 Å². The van der Waals surface area contributed by atoms with Gasteiger partial charge in [0, 0.05) is 11.8 Å². The van der Waals surface area contributed by atoms with Crippen LogP contribution in [-0.4, -0.2) is 44.1 Å². The number of fused-ring (bicyclic) bond motifs is 1. The lowest BCUT2D eigenvalue weighted by atomic mass is 10.3. The number of hydrogen-bond donors (Lipinski definition) is 2. The SMILES string of the molecule is COc1cccc(NC(=O)Cn2cnc3c(cnn3CCO)c2=O)c1. The molecule has 0 unspecified atom stereocenters. The molecule has 1 amide bonds. The molecule has 0 aliphatic heterocycles. The summed E-state index contributed by atoms with van der Waals surface area (Å²) in [5.41, 5.74) is 0.584. The zero-order chi connectivity index (χ0) is 17.8. The Morgan fingerprint density at radius 1 is 1.40 bits per heavy atom. The first-order valence-corrected chi connectivity index (χ1v) is 7.58. The minimum Gasteiger partial charge on any atom is -0.497 e. The molecular weight excluding hydrogens is 326 g/mol. The molecular formula is C16H17N5O4. The number of nitrogens with one attached hydrogen (secondary N) is 1. The summed E-state index contributed by atoms with van der Waals surface area (Å²) in [6.45, 7) is -0.0368. The van der Waals surface area contributed by atoms with Gasteiger partial charge in [-0.15, -0.1) is 0 Å². The van der Waals surface area contributed by atoms with Crippen molar-refractivity contribution in [3.8, 4) is 5.75 Å². The van der Waals surface area contributed by atoms with Crippen molar-refractivity contribution in [1.29, 1.82) is 0 Å². The van der Waals surface area contributed by atoms with Gasteiger partial charge in [-0.3, -0.25) is 14.2 Å². The molecule has 0 saturated heterocycles. The summed E-state index contributed by atoms with van der Waals surface area (Å²) in [5, 5.41) is 16.0. The number of nitrogens with zero attached hydrogens (tertiary/aromatic N) is 4. The first-order chi connectivity index (χ1) is 12.1. The zero-order valence-corrected chi connectivity index (χ0v) is 13.5. The summed E-state index contributed by atoms with van der Waals surface area (Å²) in [4.78, 5) is 28.8. The molecule has 2 N–H and O–H groups in total. The normalized spacial score (nSPS) is 10.8. The van der Waals surface area contributed by atoms with Crippen molar-refractivity contribution in [2.75, 3.05) is 19.0 Å². The summed E-state index contributed by atoms with van der Waals surface area (Å²) < 4.78 is 7.75. The van der Waals surface area contributed by atoms with E-state index in [0.717, 1.165) is 0 Å². The van der Waals surface area contributed by atoms with Gasteiger partial charge in [0.15, 0.2) is 5.65 Å². The van der Waals surface area contributed by atoms with Gasteiger partial charge in [-0.1, -0.05) is 6.07 Å². The van der Waals surface area contributed by atoms with Crippen LogP contribution in [0, 0.1) is 0 Å². The number of amides is 1. The largest absolute Gasteiger partial charge is 0.497 e. The number of aromatic nitrogens is 4. The zero-order valence-electron chi connectivity index (χ0n) is 13.5. The highest BCUT2D eigenvalue weighted by Crippen LogP contribution is 2.16. The number of aliphatic hydroxyl groups is 1. The number of hydrogen-bond acceptors (Lipinski definition) is 6. The maximum absolute atomic E-state index is 12.4. The average Bonchev–Trinajstić information content (AvgIpc) is 3.01. The van der Waals surface area contributed by atoms with Gasteiger partial charge in [0.1, 0.15) is 24.0 Å². The first kappa shape index (κ1) is 16.7. The van der Waals surface area contributed by atoms with E-state index in [-0.39, 0.29) is 31.2 Å². The van der Waals surface area contributed by atoms with Gasteiger partial charge in [-0.25, -0.2) is 9.67 Å². The smallest absolute Gasteiger partial charge is 0.264 e. The van der Waals surface area contributed by atoms with Crippen LogP contribution < -0.4 is 15.6 Å². The number of ether oxygens (including phenoxy) is 1. The van der Waals surface area contributed by atoms with E-state index in [1.807, 2.05) is 0 Å². The van der Waals surface area contributed by atoms with Gasteiger partial charge >= 0.3 is 0 Å². The molecule has 0 fully saturated rings. The standard InChI is InChI=1S/C16H17N5O4/c1-25-12-4-2-3-11(7-12)19-14(23)9-20-10-17-15-13(16(20)24)8-18-21(15)5-6-22/h2-4,7-8,10,22H,5-6,9H2,1H3,(H,19,23). The summed E-state index contributed by atoms with van der Waals surface area (Å²) in [7, 11) is 1.54. The van der Waals surface area contributed by atoms with Crippen LogP contribution in [0.4, 0.5) is 5.69 Å². The van der Waals surface area contributed by atoms with E-state index in [0.29, 0.717) is 22.5 Å². The van der Waals surface area contributed by atoms with Gasteiger partial charge in [0.25, 0.3) is 5.56 Å². The minimum atomic E-state index is -0.366. The molecule has 9 heteroatoms. The molecule has 1 aromatic carbocycles. The predicted molar refractivity (Wildman–Crippen MR) is 90.5 cm³/mol. The van der Waals surface area contributed by atoms with E-state index < -0.39 is 0 Å². The molecule has 0 saturated carbocycles. The molecule has 2 heterocycles. The Bertz CT molecular complexity index is 963. The molecule has 0 spiro atoms. The molecule has 0 bridgehead atoms. The quantitative estimate of drug-likeness (QED) is 0.663. The van der Waals surface area contributed by atoms with Gasteiger partial charge in [0.2, 0.25) is 5.91 Å². The lowest BCUT2D eigenvalue weighted by molar-refractivity contribution is -0.116. The van der Waals surface area contributed by atoms with E-state index in [1.54, 1.807) is 31.4 Å². The second-order valence-electron chi connectivity index (χ2n) is 5.29. The third kappa shape index (κ3) is 3.50. The third-order valence-electron chi connectivity index (χ3n) is 3.60. The van der Waals surface area contributed by atoms with E-state index in [2.05, 4.69) is 15.4 Å². The second kappa shape index (κ2) is 7.14. The molecule has 0 aliphatic rings. The highest BCUT2D eigenvalue weighted by Gasteiger charge is 2.12. The Labute approximate surface area is 142 Å². The van der Waals surface area contributed by atoms with E-state index in [9.17, 15) is 9.59 Å². The second-order valence-corrected chi connectivity index (χ2v) is 5.29. The molecule has 25 heavy (non-hydrogen) atoms. The van der Waals surface area contributed by atoms with Crippen molar-refractivity contribution >= 4 is 22.6 Å². The van der Waals surface area contributed by atoms with E-state index in [4.69, 9.17) is 9.84 Å². The Balaban J connectivity index is 1.79. The molecule has 3 aromatic rings. The molecule has 130 valence electrons. The lowest BCUT2D eigenvalue weighted by Gasteiger charge is -2.08. The van der Waals surface area contributed by atoms with Crippen LogP contribution in [0.5, 0.6) is 5.75 Å². The Hall–Kier alpha value is -3.20. The van der Waals surface area contributed by atoms with Crippen molar-refractivity contribution in [2.24, 2.45) is 0 Å². The van der Waals surface area contributed by atoms with Crippen LogP contribution >= 0.6 is 0 Å². The molecule has 0 radical (unpaired) electrons. The van der Waals surface area contributed by atoms with Crippen molar-refractivity contribution in [3.63, 3.8) is 0 Å². The van der Waals surface area contributed by atoms with Crippen LogP contribution in [-0.2, 0) is 17.9 Å². The van der Waals surface area contributed by atoms with Gasteiger partial charge in [0.05, 0.1) is 26.5 Å². The highest BCUT2D eigenvalue weighted by atomic mass is 16.5. The average molecular weight is 343 g/mol. The maximum atomic E-state index is 12.4. The van der Waals surface area contributed by atoms with E-state index in [1.165, 1.54) is 21.8 Å². The molecule has 3 rings (SSSR count). The number of methoxy groups -OCH3 is 1. The monoisotopic (exact) mass is 343 g/mol. The number of carbonyl (C=O) groups is 1. The fourth-order valence-electron chi connectivity index (χ4n) is 2.42. The number of aliphatic hydroxyl groups excluding tert-OH is 1. The van der Waals surface area contributed by atoms with Crippen molar-refractivity contribution in [3.05, 3.63) is 47.1 Å². The Morgan fingerprint density at radius 2 is 2.24 bits per heavy atom. The Kier molecular flexibility index (Phi) is 4.75. The first-order valence-electron chi connectivity index (χ1n) is 7.58. The van der Waals surface area contributed by atoms with Crippen LogP contribution in [0.25, 0.3) is 11.0 Å². The number of rotatable bonds is 6.